The largest absolute Gasteiger partial charge is 0.371 e. The van der Waals surface area contributed by atoms with E-state index in [9.17, 15) is 9.59 Å². The van der Waals surface area contributed by atoms with E-state index in [1.165, 1.54) is 0 Å². The number of anilines is 2. The van der Waals surface area contributed by atoms with Crippen LogP contribution in [-0.2, 0) is 7.05 Å². The van der Waals surface area contributed by atoms with Gasteiger partial charge in [-0.25, -0.2) is 4.98 Å². The number of aromatic nitrogens is 2. The van der Waals surface area contributed by atoms with Crippen molar-refractivity contribution < 1.29 is 9.59 Å². The van der Waals surface area contributed by atoms with Crippen molar-refractivity contribution in [3.63, 3.8) is 0 Å². The summed E-state index contributed by atoms with van der Waals surface area (Å²) in [6, 6.07) is 11.2. The van der Waals surface area contributed by atoms with Gasteiger partial charge in [-0.05, 0) is 62.1 Å². The summed E-state index contributed by atoms with van der Waals surface area (Å²) in [6.07, 6.45) is 6.13. The van der Waals surface area contributed by atoms with Gasteiger partial charge in [0.2, 0.25) is 0 Å². The predicted octanol–water partition coefficient (Wildman–Crippen LogP) is 3.66. The zero-order valence-electron chi connectivity index (χ0n) is 17.8. The third kappa shape index (κ3) is 3.76. The molecule has 1 aromatic heterocycles. The molecule has 0 bridgehead atoms. The minimum Gasteiger partial charge on any atom is -0.371 e. The first-order valence-corrected chi connectivity index (χ1v) is 11.0. The van der Waals surface area contributed by atoms with E-state index >= 15 is 0 Å². The standard InChI is InChI=1S/C24H27N5O2/c1-27-16-25-20-14-17(6-8-22(20)27)23(30)26-18-7-9-21(28-10-2-3-11-28)19(15-18)24(31)29-12-4-5-13-29/h6-9,14-16H,2-5,10-13H2,1H3,(H,26,30). The molecule has 3 heterocycles. The first-order chi connectivity index (χ1) is 15.1. The monoisotopic (exact) mass is 417 g/mol. The molecule has 2 aliphatic rings. The Morgan fingerprint density at radius 3 is 2.45 bits per heavy atom. The van der Waals surface area contributed by atoms with Gasteiger partial charge in [-0.1, -0.05) is 0 Å². The molecule has 5 rings (SSSR count). The second kappa shape index (κ2) is 8.06. The number of hydrogen-bond acceptors (Lipinski definition) is 4. The van der Waals surface area contributed by atoms with Crippen molar-refractivity contribution in [2.75, 3.05) is 36.4 Å². The van der Waals surface area contributed by atoms with Crippen molar-refractivity contribution >= 4 is 34.2 Å². The maximum absolute atomic E-state index is 13.3. The maximum atomic E-state index is 13.3. The number of benzene rings is 2. The van der Waals surface area contributed by atoms with Crippen LogP contribution in [0.25, 0.3) is 11.0 Å². The minimum atomic E-state index is -0.207. The summed E-state index contributed by atoms with van der Waals surface area (Å²) in [7, 11) is 1.93. The summed E-state index contributed by atoms with van der Waals surface area (Å²) in [6.45, 7) is 3.55. The van der Waals surface area contributed by atoms with Crippen LogP contribution in [0.5, 0.6) is 0 Å². The number of hydrogen-bond donors (Lipinski definition) is 1. The van der Waals surface area contributed by atoms with Crippen LogP contribution in [0.4, 0.5) is 11.4 Å². The molecule has 31 heavy (non-hydrogen) atoms. The van der Waals surface area contributed by atoms with Crippen LogP contribution >= 0.6 is 0 Å². The summed E-state index contributed by atoms with van der Waals surface area (Å²) < 4.78 is 1.92. The molecule has 7 heteroatoms. The second-order valence-electron chi connectivity index (χ2n) is 8.44. The van der Waals surface area contributed by atoms with E-state index in [0.717, 1.165) is 68.6 Å². The third-order valence-corrected chi connectivity index (χ3v) is 6.31. The summed E-state index contributed by atoms with van der Waals surface area (Å²) in [5.41, 5.74) is 4.59. The lowest BCUT2D eigenvalue weighted by Gasteiger charge is -2.24. The number of carbonyl (C=O) groups is 2. The Labute approximate surface area is 181 Å². The van der Waals surface area contributed by atoms with Crippen molar-refractivity contribution in [1.29, 1.82) is 0 Å². The highest BCUT2D eigenvalue weighted by Gasteiger charge is 2.25. The minimum absolute atomic E-state index is 0.0606. The lowest BCUT2D eigenvalue weighted by atomic mass is 10.1. The summed E-state index contributed by atoms with van der Waals surface area (Å²) in [5, 5.41) is 2.97. The van der Waals surface area contributed by atoms with E-state index in [1.54, 1.807) is 18.5 Å². The fraction of sp³-hybridized carbons (Fsp3) is 0.375. The van der Waals surface area contributed by atoms with E-state index in [0.29, 0.717) is 16.8 Å². The molecule has 7 nitrogen and oxygen atoms in total. The lowest BCUT2D eigenvalue weighted by molar-refractivity contribution is 0.0793. The van der Waals surface area contributed by atoms with Gasteiger partial charge < -0.3 is 19.7 Å². The number of aryl methyl sites for hydroxylation is 1. The quantitative estimate of drug-likeness (QED) is 0.703. The number of rotatable bonds is 4. The van der Waals surface area contributed by atoms with Crippen LogP contribution in [0, 0.1) is 0 Å². The first-order valence-electron chi connectivity index (χ1n) is 11.0. The highest BCUT2D eigenvalue weighted by Crippen LogP contribution is 2.30. The van der Waals surface area contributed by atoms with E-state index in [-0.39, 0.29) is 11.8 Å². The van der Waals surface area contributed by atoms with Gasteiger partial charge in [0.1, 0.15) is 0 Å². The molecule has 2 fully saturated rings. The highest BCUT2D eigenvalue weighted by atomic mass is 16.2. The predicted molar refractivity (Wildman–Crippen MR) is 122 cm³/mol. The van der Waals surface area contributed by atoms with Crippen LogP contribution in [0.2, 0.25) is 0 Å². The molecule has 1 N–H and O–H groups in total. The Bertz CT molecular complexity index is 1140. The molecular formula is C24H27N5O2. The lowest BCUT2D eigenvalue weighted by Crippen LogP contribution is -2.30. The van der Waals surface area contributed by atoms with E-state index < -0.39 is 0 Å². The molecule has 2 aliphatic heterocycles. The molecule has 2 amide bonds. The average molecular weight is 418 g/mol. The van der Waals surface area contributed by atoms with Gasteiger partial charge in [0.25, 0.3) is 11.8 Å². The number of nitrogens with zero attached hydrogens (tertiary/aromatic N) is 4. The third-order valence-electron chi connectivity index (χ3n) is 6.31. The molecule has 0 atom stereocenters. The van der Waals surface area contributed by atoms with Gasteiger partial charge in [-0.3, -0.25) is 9.59 Å². The fourth-order valence-corrected chi connectivity index (χ4v) is 4.59. The molecule has 3 aromatic rings. The van der Waals surface area contributed by atoms with Gasteiger partial charge in [-0.15, -0.1) is 0 Å². The molecule has 2 aromatic carbocycles. The zero-order valence-corrected chi connectivity index (χ0v) is 17.8. The summed E-state index contributed by atoms with van der Waals surface area (Å²) in [4.78, 5) is 34.7. The van der Waals surface area contributed by atoms with Crippen LogP contribution < -0.4 is 10.2 Å². The van der Waals surface area contributed by atoms with Crippen LogP contribution in [-0.4, -0.2) is 52.4 Å². The number of likely N-dealkylation sites (tertiary alicyclic amines) is 1. The van der Waals surface area contributed by atoms with Crippen molar-refractivity contribution in [3.05, 3.63) is 53.9 Å². The SMILES string of the molecule is Cn1cnc2cc(C(=O)Nc3ccc(N4CCCC4)c(C(=O)N4CCCC4)c3)ccc21. The topological polar surface area (TPSA) is 70.5 Å². The Kier molecular flexibility index (Phi) is 5.10. The molecule has 160 valence electrons. The van der Waals surface area contributed by atoms with Gasteiger partial charge in [0.15, 0.2) is 0 Å². The van der Waals surface area contributed by atoms with Crippen LogP contribution in [0.3, 0.4) is 0 Å². The summed E-state index contributed by atoms with van der Waals surface area (Å²) >= 11 is 0. The molecule has 2 saturated heterocycles. The summed E-state index contributed by atoms with van der Waals surface area (Å²) in [5.74, 6) is -0.147. The van der Waals surface area contributed by atoms with Gasteiger partial charge in [-0.2, -0.15) is 0 Å². The number of imidazole rings is 1. The zero-order chi connectivity index (χ0) is 21.4. The molecule has 0 radical (unpaired) electrons. The molecule has 0 unspecified atom stereocenters. The van der Waals surface area contributed by atoms with Crippen molar-refractivity contribution in [2.45, 2.75) is 25.7 Å². The van der Waals surface area contributed by atoms with E-state index in [1.807, 2.05) is 40.8 Å². The molecular weight excluding hydrogens is 390 g/mol. The van der Waals surface area contributed by atoms with Crippen LogP contribution in [0.1, 0.15) is 46.4 Å². The number of nitrogens with one attached hydrogen (secondary N) is 1. The second-order valence-corrected chi connectivity index (χ2v) is 8.44. The number of amides is 2. The maximum Gasteiger partial charge on any atom is 0.256 e. The molecule has 0 saturated carbocycles. The van der Waals surface area contributed by atoms with Crippen molar-refractivity contribution in [2.24, 2.45) is 7.05 Å². The van der Waals surface area contributed by atoms with Crippen molar-refractivity contribution in [3.8, 4) is 0 Å². The van der Waals surface area contributed by atoms with Gasteiger partial charge in [0, 0.05) is 50.2 Å². The smallest absolute Gasteiger partial charge is 0.256 e. The van der Waals surface area contributed by atoms with E-state index in [4.69, 9.17) is 0 Å². The normalized spacial score (nSPS) is 16.3. The van der Waals surface area contributed by atoms with Crippen LogP contribution in [0.15, 0.2) is 42.7 Å². The van der Waals surface area contributed by atoms with E-state index in [2.05, 4.69) is 15.2 Å². The van der Waals surface area contributed by atoms with Gasteiger partial charge in [0.05, 0.1) is 22.9 Å². The van der Waals surface area contributed by atoms with Gasteiger partial charge >= 0.3 is 0 Å². The van der Waals surface area contributed by atoms with Crippen molar-refractivity contribution in [1.82, 2.24) is 14.5 Å². The Morgan fingerprint density at radius 2 is 1.68 bits per heavy atom. The average Bonchev–Trinajstić information content (AvgIpc) is 3.56. The number of fused-ring (bicyclic) bond motifs is 1. The number of carbonyl (C=O) groups excluding carboxylic acids is 2. The Morgan fingerprint density at radius 1 is 0.935 bits per heavy atom. The fourth-order valence-electron chi connectivity index (χ4n) is 4.59. The first kappa shape index (κ1) is 19.6. The molecule has 0 aliphatic carbocycles. The molecule has 0 spiro atoms. The Hall–Kier alpha value is -3.35. The highest BCUT2D eigenvalue weighted by molar-refractivity contribution is 6.07. The Balaban J connectivity index is 1.43.